The summed E-state index contributed by atoms with van der Waals surface area (Å²) in [6.45, 7) is 5.33. The van der Waals surface area contributed by atoms with Crippen molar-refractivity contribution in [2.75, 3.05) is 13.1 Å². The normalized spacial score (nSPS) is 17.0. The molecule has 0 radical (unpaired) electrons. The fraction of sp³-hybridized carbons (Fsp3) is 0.412. The molecule has 0 bridgehead atoms. The number of nitrogens with one attached hydrogen (secondary N) is 2. The van der Waals surface area contributed by atoms with Gasteiger partial charge < -0.3 is 10.6 Å². The van der Waals surface area contributed by atoms with E-state index >= 15 is 0 Å². The summed E-state index contributed by atoms with van der Waals surface area (Å²) >= 11 is 0. The zero-order valence-electron chi connectivity index (χ0n) is 12.6. The highest BCUT2D eigenvalue weighted by atomic mass is 16.1. The molecular formula is C17H22N2O2. The first-order chi connectivity index (χ1) is 9.96. The van der Waals surface area contributed by atoms with E-state index in [0.717, 1.165) is 12.1 Å². The third kappa shape index (κ3) is 4.74. The first kappa shape index (κ1) is 15.3. The number of allylic oxidation sites excluding steroid dienone is 2. The molecule has 1 aromatic rings. The quantitative estimate of drug-likeness (QED) is 0.816. The lowest BCUT2D eigenvalue weighted by Gasteiger charge is -2.29. The Morgan fingerprint density at radius 1 is 1.14 bits per heavy atom. The van der Waals surface area contributed by atoms with Crippen LogP contribution < -0.4 is 10.6 Å². The molecule has 1 amide bonds. The van der Waals surface area contributed by atoms with Crippen LogP contribution in [0.4, 0.5) is 0 Å². The van der Waals surface area contributed by atoms with Crippen LogP contribution in [0.1, 0.15) is 37.0 Å². The number of rotatable bonds is 5. The Morgan fingerprint density at radius 2 is 1.86 bits per heavy atom. The van der Waals surface area contributed by atoms with Crippen molar-refractivity contribution >= 4 is 11.7 Å². The van der Waals surface area contributed by atoms with Gasteiger partial charge in [-0.15, -0.1) is 0 Å². The average Bonchev–Trinajstić information content (AvgIpc) is 2.42. The summed E-state index contributed by atoms with van der Waals surface area (Å²) in [4.78, 5) is 23.5. The molecule has 2 rings (SSSR count). The fourth-order valence-electron chi connectivity index (χ4n) is 2.55. The predicted octanol–water partition coefficient (Wildman–Crippen LogP) is 2.28. The fourth-order valence-corrected chi connectivity index (χ4v) is 2.55. The molecule has 1 aliphatic carbocycles. The molecule has 0 aromatic heterocycles. The highest BCUT2D eigenvalue weighted by Gasteiger charge is 2.27. The van der Waals surface area contributed by atoms with E-state index < -0.39 is 0 Å². The number of carbonyl (C=O) groups excluding carboxylic acids is 2. The van der Waals surface area contributed by atoms with Crippen molar-refractivity contribution in [3.63, 3.8) is 0 Å². The Labute approximate surface area is 125 Å². The molecule has 0 saturated heterocycles. The zero-order valence-corrected chi connectivity index (χ0v) is 12.6. The smallest absolute Gasteiger partial charge is 0.251 e. The van der Waals surface area contributed by atoms with Crippen molar-refractivity contribution in [1.82, 2.24) is 10.6 Å². The Kier molecular flexibility index (Phi) is 4.78. The van der Waals surface area contributed by atoms with Gasteiger partial charge in [-0.25, -0.2) is 0 Å². The van der Waals surface area contributed by atoms with E-state index in [-0.39, 0.29) is 17.1 Å². The van der Waals surface area contributed by atoms with E-state index in [4.69, 9.17) is 0 Å². The molecule has 0 spiro atoms. The number of benzene rings is 1. The maximum Gasteiger partial charge on any atom is 0.251 e. The second kappa shape index (κ2) is 6.57. The monoisotopic (exact) mass is 286 g/mol. The SMILES string of the molecule is CC1(C)CC(=O)C=C(NCCNC(=O)c2ccccc2)C1. The molecule has 0 aliphatic heterocycles. The minimum Gasteiger partial charge on any atom is -0.386 e. The maximum atomic E-state index is 11.8. The number of hydrogen-bond acceptors (Lipinski definition) is 3. The summed E-state index contributed by atoms with van der Waals surface area (Å²) in [5, 5.41) is 6.10. The van der Waals surface area contributed by atoms with Crippen LogP contribution in [-0.2, 0) is 4.79 Å². The molecule has 1 aromatic carbocycles. The van der Waals surface area contributed by atoms with E-state index in [1.807, 2.05) is 18.2 Å². The first-order valence-electron chi connectivity index (χ1n) is 7.27. The number of amides is 1. The van der Waals surface area contributed by atoms with E-state index in [1.165, 1.54) is 0 Å². The minimum absolute atomic E-state index is 0.0153. The van der Waals surface area contributed by atoms with Crippen LogP contribution in [-0.4, -0.2) is 24.8 Å². The molecule has 0 saturated carbocycles. The number of carbonyl (C=O) groups is 2. The average molecular weight is 286 g/mol. The van der Waals surface area contributed by atoms with Gasteiger partial charge in [0.1, 0.15) is 0 Å². The Bertz CT molecular complexity index is 547. The third-order valence-electron chi connectivity index (χ3n) is 3.46. The topological polar surface area (TPSA) is 58.2 Å². The van der Waals surface area contributed by atoms with Crippen LogP contribution in [0, 0.1) is 5.41 Å². The highest BCUT2D eigenvalue weighted by molar-refractivity contribution is 5.94. The van der Waals surface area contributed by atoms with Crippen molar-refractivity contribution in [3.05, 3.63) is 47.7 Å². The maximum absolute atomic E-state index is 11.8. The predicted molar refractivity (Wildman–Crippen MR) is 82.9 cm³/mol. The van der Waals surface area contributed by atoms with E-state index in [9.17, 15) is 9.59 Å². The van der Waals surface area contributed by atoms with Crippen LogP contribution >= 0.6 is 0 Å². The van der Waals surface area contributed by atoms with E-state index in [1.54, 1.807) is 18.2 Å². The summed E-state index contributed by atoms with van der Waals surface area (Å²) in [5.41, 5.74) is 1.64. The van der Waals surface area contributed by atoms with Crippen molar-refractivity contribution in [3.8, 4) is 0 Å². The van der Waals surface area contributed by atoms with Gasteiger partial charge >= 0.3 is 0 Å². The van der Waals surface area contributed by atoms with Gasteiger partial charge in [-0.1, -0.05) is 32.0 Å². The zero-order chi connectivity index (χ0) is 15.3. The van der Waals surface area contributed by atoms with E-state index in [2.05, 4.69) is 24.5 Å². The van der Waals surface area contributed by atoms with Gasteiger partial charge in [0.15, 0.2) is 5.78 Å². The van der Waals surface area contributed by atoms with Crippen LogP contribution in [0.25, 0.3) is 0 Å². The molecule has 0 atom stereocenters. The first-order valence-corrected chi connectivity index (χ1v) is 7.27. The van der Waals surface area contributed by atoms with Crippen LogP contribution in [0.15, 0.2) is 42.1 Å². The highest BCUT2D eigenvalue weighted by Crippen LogP contribution is 2.32. The minimum atomic E-state index is -0.0774. The molecule has 0 heterocycles. The molecule has 2 N–H and O–H groups in total. The van der Waals surface area contributed by atoms with Gasteiger partial charge in [0.05, 0.1) is 0 Å². The lowest BCUT2D eigenvalue weighted by molar-refractivity contribution is -0.117. The molecule has 4 nitrogen and oxygen atoms in total. The largest absolute Gasteiger partial charge is 0.386 e. The molecule has 0 unspecified atom stereocenters. The molecule has 4 heteroatoms. The Morgan fingerprint density at radius 3 is 2.52 bits per heavy atom. The van der Waals surface area contributed by atoms with E-state index in [0.29, 0.717) is 25.1 Å². The van der Waals surface area contributed by atoms with Crippen molar-refractivity contribution < 1.29 is 9.59 Å². The number of hydrogen-bond donors (Lipinski definition) is 2. The summed E-state index contributed by atoms with van der Waals surface area (Å²) in [5.74, 6) is 0.0912. The number of ketones is 1. The lowest BCUT2D eigenvalue weighted by atomic mass is 9.79. The third-order valence-corrected chi connectivity index (χ3v) is 3.46. The summed E-state index contributed by atoms with van der Waals surface area (Å²) < 4.78 is 0. The van der Waals surface area contributed by atoms with Crippen LogP contribution in [0.3, 0.4) is 0 Å². The second-order valence-corrected chi connectivity index (χ2v) is 6.20. The summed E-state index contributed by atoms with van der Waals surface area (Å²) in [6, 6.07) is 9.13. The van der Waals surface area contributed by atoms with Gasteiger partial charge in [-0.3, -0.25) is 9.59 Å². The standard InChI is InChI=1S/C17H22N2O2/c1-17(2)11-14(10-15(20)12-17)18-8-9-19-16(21)13-6-4-3-5-7-13/h3-7,10,18H,8-9,11-12H2,1-2H3,(H,19,21). The molecule has 21 heavy (non-hydrogen) atoms. The van der Waals surface area contributed by atoms with Gasteiger partial charge in [-0.05, 0) is 24.0 Å². The second-order valence-electron chi connectivity index (χ2n) is 6.20. The van der Waals surface area contributed by atoms with Crippen LogP contribution in [0.5, 0.6) is 0 Å². The molecule has 1 aliphatic rings. The Balaban J connectivity index is 1.75. The molecule has 112 valence electrons. The van der Waals surface area contributed by atoms with Crippen molar-refractivity contribution in [2.24, 2.45) is 5.41 Å². The van der Waals surface area contributed by atoms with Gasteiger partial charge in [0, 0.05) is 36.8 Å². The molecular weight excluding hydrogens is 264 g/mol. The summed E-state index contributed by atoms with van der Waals surface area (Å²) in [6.07, 6.45) is 3.15. The van der Waals surface area contributed by atoms with Crippen LogP contribution in [0.2, 0.25) is 0 Å². The Hall–Kier alpha value is -2.10. The van der Waals surface area contributed by atoms with Gasteiger partial charge in [0.2, 0.25) is 0 Å². The summed E-state index contributed by atoms with van der Waals surface area (Å²) in [7, 11) is 0. The van der Waals surface area contributed by atoms with Gasteiger partial charge in [-0.2, -0.15) is 0 Å². The molecule has 0 fully saturated rings. The van der Waals surface area contributed by atoms with Crippen molar-refractivity contribution in [2.45, 2.75) is 26.7 Å². The van der Waals surface area contributed by atoms with Crippen molar-refractivity contribution in [1.29, 1.82) is 0 Å². The van der Waals surface area contributed by atoms with Gasteiger partial charge in [0.25, 0.3) is 5.91 Å². The lowest BCUT2D eigenvalue weighted by Crippen LogP contribution is -2.34.